The molecule has 1 aromatic carbocycles. The van der Waals surface area contributed by atoms with Crippen LogP contribution in [-0.2, 0) is 16.1 Å². The van der Waals surface area contributed by atoms with Crippen LogP contribution in [0.25, 0.3) is 0 Å². The van der Waals surface area contributed by atoms with E-state index >= 15 is 0 Å². The van der Waals surface area contributed by atoms with Crippen molar-refractivity contribution >= 4 is 29.0 Å². The van der Waals surface area contributed by atoms with Gasteiger partial charge in [0.25, 0.3) is 5.91 Å². The van der Waals surface area contributed by atoms with Gasteiger partial charge in [0.05, 0.1) is 17.8 Å². The van der Waals surface area contributed by atoms with E-state index in [0.29, 0.717) is 17.3 Å². The Labute approximate surface area is 171 Å². The minimum Gasteiger partial charge on any atom is -0.385 e. The lowest BCUT2D eigenvalue weighted by molar-refractivity contribution is -0.861. The highest BCUT2D eigenvalue weighted by molar-refractivity contribution is 6.33. The summed E-state index contributed by atoms with van der Waals surface area (Å²) < 4.78 is 7.25. The largest absolute Gasteiger partial charge is 0.385 e. The summed E-state index contributed by atoms with van der Waals surface area (Å²) in [4.78, 5) is 25.8. The molecule has 0 fully saturated rings. The summed E-state index contributed by atoms with van der Waals surface area (Å²) in [7, 11) is 3.52. The van der Waals surface area contributed by atoms with Crippen LogP contribution < -0.4 is 10.2 Å². The van der Waals surface area contributed by atoms with Gasteiger partial charge in [-0.2, -0.15) is 0 Å². The fourth-order valence-corrected chi connectivity index (χ4v) is 3.44. The average Bonchev–Trinajstić information content (AvgIpc) is 2.92. The second-order valence-electron chi connectivity index (χ2n) is 7.04. The van der Waals surface area contributed by atoms with E-state index in [1.807, 2.05) is 33.0 Å². The number of ether oxygens (including phenoxy) is 1. The number of aromatic nitrogens is 1. The minimum atomic E-state index is -0.177. The van der Waals surface area contributed by atoms with E-state index in [1.165, 1.54) is 0 Å². The maximum Gasteiger partial charge on any atom is 0.279 e. The van der Waals surface area contributed by atoms with Crippen LogP contribution in [0.3, 0.4) is 0 Å². The number of para-hydroxylation sites is 1. The summed E-state index contributed by atoms with van der Waals surface area (Å²) in [5.41, 5.74) is 3.33. The van der Waals surface area contributed by atoms with Crippen molar-refractivity contribution in [2.75, 3.05) is 39.2 Å². The van der Waals surface area contributed by atoms with Crippen molar-refractivity contribution < 1.29 is 19.2 Å². The molecule has 0 saturated heterocycles. The molecule has 0 saturated carbocycles. The van der Waals surface area contributed by atoms with Gasteiger partial charge in [0.1, 0.15) is 6.54 Å². The number of nitrogens with one attached hydrogen (secondary N) is 2. The van der Waals surface area contributed by atoms with Crippen LogP contribution in [0.4, 0.5) is 5.69 Å². The second-order valence-corrected chi connectivity index (χ2v) is 7.45. The molecule has 0 aliphatic carbocycles. The third-order valence-corrected chi connectivity index (χ3v) is 5.01. The van der Waals surface area contributed by atoms with E-state index in [2.05, 4.69) is 9.88 Å². The number of benzene rings is 1. The SMILES string of the molecule is COCCCn1c(C)cc(C(=O)C[NH+](C)CC(=O)Nc2ccccc2Cl)c1C. The van der Waals surface area contributed by atoms with E-state index in [1.54, 1.807) is 25.3 Å². The highest BCUT2D eigenvalue weighted by Gasteiger charge is 2.20. The maximum atomic E-state index is 12.8. The van der Waals surface area contributed by atoms with E-state index in [9.17, 15) is 9.59 Å². The lowest BCUT2D eigenvalue weighted by Crippen LogP contribution is -3.11. The fraction of sp³-hybridized carbons (Fsp3) is 0.429. The molecule has 1 atom stereocenters. The maximum absolute atomic E-state index is 12.8. The van der Waals surface area contributed by atoms with Gasteiger partial charge >= 0.3 is 0 Å². The van der Waals surface area contributed by atoms with Crippen LogP contribution in [-0.4, -0.2) is 50.1 Å². The Morgan fingerprint density at radius 3 is 2.61 bits per heavy atom. The number of hydrogen-bond donors (Lipinski definition) is 2. The Balaban J connectivity index is 1.94. The third kappa shape index (κ3) is 5.92. The number of amides is 1. The molecule has 6 nitrogen and oxygen atoms in total. The summed E-state index contributed by atoms with van der Waals surface area (Å²) in [6.45, 7) is 5.91. The van der Waals surface area contributed by atoms with Crippen LogP contribution in [0.5, 0.6) is 0 Å². The molecular formula is C21H29ClN3O3+. The zero-order chi connectivity index (χ0) is 20.7. The highest BCUT2D eigenvalue weighted by atomic mass is 35.5. The number of rotatable bonds is 10. The smallest absolute Gasteiger partial charge is 0.279 e. The summed E-state index contributed by atoms with van der Waals surface area (Å²) in [5, 5.41) is 3.28. The number of anilines is 1. The molecule has 28 heavy (non-hydrogen) atoms. The Hall–Kier alpha value is -2.15. The van der Waals surface area contributed by atoms with E-state index < -0.39 is 0 Å². The standard InChI is InChI=1S/C21H28ClN3O3/c1-15-12-17(16(2)25(15)10-7-11-28-4)20(26)13-24(3)14-21(27)23-19-9-6-5-8-18(19)22/h5-6,8-9,12H,7,10-11,13-14H2,1-4H3,(H,23,27)/p+1. The average molecular weight is 407 g/mol. The molecule has 1 aromatic heterocycles. The Bertz CT molecular complexity index is 832. The lowest BCUT2D eigenvalue weighted by Gasteiger charge is -2.14. The first kappa shape index (κ1) is 22.1. The van der Waals surface area contributed by atoms with Crippen molar-refractivity contribution in [2.45, 2.75) is 26.8 Å². The van der Waals surface area contributed by atoms with Crippen LogP contribution in [0.1, 0.15) is 28.2 Å². The molecule has 1 unspecified atom stereocenters. The van der Waals surface area contributed by atoms with Crippen LogP contribution in [0.2, 0.25) is 5.02 Å². The molecule has 152 valence electrons. The van der Waals surface area contributed by atoms with Crippen LogP contribution in [0, 0.1) is 13.8 Å². The monoisotopic (exact) mass is 406 g/mol. The first-order valence-corrected chi connectivity index (χ1v) is 9.75. The number of likely N-dealkylation sites (N-methyl/N-ethyl adjacent to an activating group) is 1. The molecule has 1 heterocycles. The number of carbonyl (C=O) groups is 2. The summed E-state index contributed by atoms with van der Waals surface area (Å²) in [6, 6.07) is 9.02. The Kier molecular flexibility index (Phi) is 8.23. The minimum absolute atomic E-state index is 0.0362. The Morgan fingerprint density at radius 1 is 1.21 bits per heavy atom. The topological polar surface area (TPSA) is 64.8 Å². The number of hydrogen-bond acceptors (Lipinski definition) is 3. The predicted molar refractivity (Wildman–Crippen MR) is 111 cm³/mol. The summed E-state index contributed by atoms with van der Waals surface area (Å²) in [6.07, 6.45) is 0.897. The summed E-state index contributed by atoms with van der Waals surface area (Å²) >= 11 is 6.06. The number of halogens is 1. The number of methoxy groups -OCH3 is 1. The van der Waals surface area contributed by atoms with E-state index in [0.717, 1.165) is 34.8 Å². The third-order valence-electron chi connectivity index (χ3n) is 4.68. The first-order chi connectivity index (χ1) is 13.3. The molecule has 7 heteroatoms. The van der Waals surface area contributed by atoms with Gasteiger partial charge in [-0.1, -0.05) is 23.7 Å². The van der Waals surface area contributed by atoms with Gasteiger partial charge in [-0.3, -0.25) is 9.59 Å². The zero-order valence-corrected chi connectivity index (χ0v) is 17.7. The van der Waals surface area contributed by atoms with Crippen molar-refractivity contribution in [3.63, 3.8) is 0 Å². The number of aryl methyl sites for hydroxylation is 1. The van der Waals surface area contributed by atoms with Crippen molar-refractivity contribution in [2.24, 2.45) is 0 Å². The molecule has 0 aliphatic rings. The van der Waals surface area contributed by atoms with E-state index in [4.69, 9.17) is 16.3 Å². The molecule has 0 aliphatic heterocycles. The molecule has 1 amide bonds. The molecule has 2 N–H and O–H groups in total. The number of quaternary nitrogens is 1. The number of Topliss-reactive ketones (excluding diaryl/α,β-unsaturated/α-hetero) is 1. The molecule has 0 radical (unpaired) electrons. The molecule has 2 aromatic rings. The number of nitrogens with zero attached hydrogens (tertiary/aromatic N) is 1. The fourth-order valence-electron chi connectivity index (χ4n) is 3.26. The van der Waals surface area contributed by atoms with Crippen molar-refractivity contribution in [3.05, 3.63) is 52.3 Å². The van der Waals surface area contributed by atoms with Crippen LogP contribution in [0.15, 0.2) is 30.3 Å². The summed E-state index contributed by atoms with van der Waals surface area (Å²) in [5.74, 6) is -0.141. The van der Waals surface area contributed by atoms with Gasteiger partial charge in [-0.15, -0.1) is 0 Å². The van der Waals surface area contributed by atoms with Crippen LogP contribution >= 0.6 is 11.6 Å². The van der Waals surface area contributed by atoms with Gasteiger partial charge in [-0.05, 0) is 38.5 Å². The van der Waals surface area contributed by atoms with Gasteiger partial charge in [0, 0.05) is 37.2 Å². The zero-order valence-electron chi connectivity index (χ0n) is 17.0. The normalized spacial score (nSPS) is 12.0. The van der Waals surface area contributed by atoms with Crippen molar-refractivity contribution in [1.82, 2.24) is 4.57 Å². The number of carbonyl (C=O) groups excluding carboxylic acids is 2. The van der Waals surface area contributed by atoms with Gasteiger partial charge < -0.3 is 19.5 Å². The van der Waals surface area contributed by atoms with Crippen molar-refractivity contribution in [1.29, 1.82) is 0 Å². The van der Waals surface area contributed by atoms with Gasteiger partial charge in [0.15, 0.2) is 6.54 Å². The van der Waals surface area contributed by atoms with Gasteiger partial charge in [-0.25, -0.2) is 0 Å². The lowest BCUT2D eigenvalue weighted by atomic mass is 10.1. The predicted octanol–water partition coefficient (Wildman–Crippen LogP) is 2.13. The Morgan fingerprint density at radius 2 is 1.93 bits per heavy atom. The molecule has 2 rings (SSSR count). The van der Waals surface area contributed by atoms with E-state index in [-0.39, 0.29) is 24.8 Å². The highest BCUT2D eigenvalue weighted by Crippen LogP contribution is 2.20. The number of ketones is 1. The quantitative estimate of drug-likeness (QED) is 0.469. The molecule has 0 bridgehead atoms. The molecular weight excluding hydrogens is 378 g/mol. The van der Waals surface area contributed by atoms with Crippen molar-refractivity contribution in [3.8, 4) is 0 Å². The first-order valence-electron chi connectivity index (χ1n) is 9.38. The van der Waals surface area contributed by atoms with Gasteiger partial charge in [0.2, 0.25) is 5.78 Å². The molecule has 0 spiro atoms. The second kappa shape index (κ2) is 10.4.